The number of H-pyrrole nitrogens is 2. The van der Waals surface area contributed by atoms with Gasteiger partial charge in [0.05, 0.1) is 16.9 Å². The fourth-order valence-electron chi connectivity index (χ4n) is 5.44. The van der Waals surface area contributed by atoms with Crippen LogP contribution in [0.4, 0.5) is 4.39 Å². The first kappa shape index (κ1) is 23.5. The average molecular weight is 519 g/mol. The standard InChI is InChI=1S/C31H27FN6O/c32-23-15-22(16-24(18-23)39-14-13-38-11-1-2-12-38)30-26-19-29(35-27(26)7-10-34-30)31-25-17-21(3-4-28(25)36-37-31)20-5-8-33-9-6-20/h3-10,15-19,35H,1-2,11-14H2,(H,36,37). The van der Waals surface area contributed by atoms with Gasteiger partial charge in [0.1, 0.15) is 23.9 Å². The fourth-order valence-corrected chi connectivity index (χ4v) is 5.44. The number of rotatable bonds is 7. The summed E-state index contributed by atoms with van der Waals surface area (Å²) in [5, 5.41) is 9.66. The van der Waals surface area contributed by atoms with Crippen LogP contribution in [-0.2, 0) is 0 Å². The summed E-state index contributed by atoms with van der Waals surface area (Å²) < 4.78 is 20.6. The van der Waals surface area contributed by atoms with Crippen molar-refractivity contribution >= 4 is 21.8 Å². The Labute approximate surface area is 224 Å². The highest BCUT2D eigenvalue weighted by atomic mass is 19.1. The number of benzene rings is 2. The lowest BCUT2D eigenvalue weighted by Gasteiger charge is -2.15. The maximum absolute atomic E-state index is 14.7. The number of aromatic nitrogens is 5. The second-order valence-electron chi connectivity index (χ2n) is 9.95. The van der Waals surface area contributed by atoms with Crippen molar-refractivity contribution in [3.05, 3.63) is 85.1 Å². The van der Waals surface area contributed by atoms with Gasteiger partial charge in [-0.05, 0) is 85.6 Å². The molecule has 8 heteroatoms. The van der Waals surface area contributed by atoms with Gasteiger partial charge in [0, 0.05) is 53.1 Å². The van der Waals surface area contributed by atoms with Crippen LogP contribution in [0.2, 0.25) is 0 Å². The minimum Gasteiger partial charge on any atom is -0.492 e. The minimum absolute atomic E-state index is 0.347. The Morgan fingerprint density at radius 1 is 0.795 bits per heavy atom. The highest BCUT2D eigenvalue weighted by Gasteiger charge is 2.16. The van der Waals surface area contributed by atoms with Crippen molar-refractivity contribution in [1.29, 1.82) is 0 Å². The van der Waals surface area contributed by atoms with E-state index in [1.807, 2.05) is 36.4 Å². The molecular weight excluding hydrogens is 491 g/mol. The molecule has 4 aromatic heterocycles. The van der Waals surface area contributed by atoms with Gasteiger partial charge >= 0.3 is 0 Å². The molecule has 0 spiro atoms. The molecule has 2 N–H and O–H groups in total. The molecule has 0 bridgehead atoms. The molecule has 0 amide bonds. The van der Waals surface area contributed by atoms with Crippen molar-refractivity contribution in [2.75, 3.05) is 26.2 Å². The molecule has 0 unspecified atom stereocenters. The molecule has 1 saturated heterocycles. The molecule has 7 rings (SSSR count). The highest BCUT2D eigenvalue weighted by Crippen LogP contribution is 2.35. The van der Waals surface area contributed by atoms with E-state index in [-0.39, 0.29) is 5.82 Å². The Morgan fingerprint density at radius 3 is 2.51 bits per heavy atom. The Balaban J connectivity index is 1.23. The fraction of sp³-hybridized carbons (Fsp3) is 0.194. The zero-order chi connectivity index (χ0) is 26.2. The van der Waals surface area contributed by atoms with Crippen molar-refractivity contribution in [2.45, 2.75) is 12.8 Å². The van der Waals surface area contributed by atoms with Gasteiger partial charge in [-0.25, -0.2) is 4.39 Å². The normalized spacial score (nSPS) is 14.0. The maximum atomic E-state index is 14.7. The molecule has 0 radical (unpaired) electrons. The number of hydrogen-bond acceptors (Lipinski definition) is 5. The van der Waals surface area contributed by atoms with Crippen LogP contribution in [-0.4, -0.2) is 56.3 Å². The smallest absolute Gasteiger partial charge is 0.127 e. The lowest BCUT2D eigenvalue weighted by Crippen LogP contribution is -2.25. The summed E-state index contributed by atoms with van der Waals surface area (Å²) in [6, 6.07) is 19.0. The summed E-state index contributed by atoms with van der Waals surface area (Å²) >= 11 is 0. The molecule has 1 aliphatic rings. The van der Waals surface area contributed by atoms with E-state index >= 15 is 0 Å². The average Bonchev–Trinajstić information content (AvgIpc) is 3.72. The zero-order valence-corrected chi connectivity index (χ0v) is 21.3. The van der Waals surface area contributed by atoms with E-state index in [2.05, 4.69) is 42.2 Å². The Bertz CT molecular complexity index is 1770. The number of likely N-dealkylation sites (tertiary alicyclic amines) is 1. The molecule has 5 heterocycles. The van der Waals surface area contributed by atoms with Crippen molar-refractivity contribution < 1.29 is 9.13 Å². The van der Waals surface area contributed by atoms with Crippen LogP contribution >= 0.6 is 0 Å². The Hall–Kier alpha value is -4.56. The summed E-state index contributed by atoms with van der Waals surface area (Å²) in [5.74, 6) is 0.167. The van der Waals surface area contributed by atoms with Gasteiger partial charge in [-0.15, -0.1) is 0 Å². The molecule has 1 fully saturated rings. The molecule has 7 nitrogen and oxygen atoms in total. The second-order valence-corrected chi connectivity index (χ2v) is 9.95. The lowest BCUT2D eigenvalue weighted by atomic mass is 10.0. The predicted octanol–water partition coefficient (Wildman–Crippen LogP) is 6.45. The van der Waals surface area contributed by atoms with Gasteiger partial charge in [0.2, 0.25) is 0 Å². The number of ether oxygens (including phenoxy) is 1. The highest BCUT2D eigenvalue weighted by molar-refractivity contribution is 6.00. The van der Waals surface area contributed by atoms with Crippen LogP contribution in [0.5, 0.6) is 5.75 Å². The van der Waals surface area contributed by atoms with Gasteiger partial charge in [-0.3, -0.25) is 20.0 Å². The van der Waals surface area contributed by atoms with Crippen LogP contribution < -0.4 is 4.74 Å². The van der Waals surface area contributed by atoms with E-state index in [9.17, 15) is 4.39 Å². The summed E-state index contributed by atoms with van der Waals surface area (Å²) in [7, 11) is 0. The summed E-state index contributed by atoms with van der Waals surface area (Å²) in [6.45, 7) is 3.59. The molecular formula is C31H27FN6O. The summed E-state index contributed by atoms with van der Waals surface area (Å²) in [5.41, 5.74) is 7.06. The third-order valence-electron chi connectivity index (χ3n) is 7.40. The van der Waals surface area contributed by atoms with E-state index in [4.69, 9.17) is 4.74 Å². The molecule has 39 heavy (non-hydrogen) atoms. The Morgan fingerprint density at radius 2 is 1.64 bits per heavy atom. The molecule has 194 valence electrons. The lowest BCUT2D eigenvalue weighted by molar-refractivity contribution is 0.237. The third kappa shape index (κ3) is 4.64. The number of nitrogens with zero attached hydrogens (tertiary/aromatic N) is 4. The van der Waals surface area contributed by atoms with Crippen molar-refractivity contribution in [1.82, 2.24) is 30.0 Å². The number of hydrogen-bond donors (Lipinski definition) is 2. The minimum atomic E-state index is -0.347. The number of pyridine rings is 2. The van der Waals surface area contributed by atoms with Crippen LogP contribution in [0.1, 0.15) is 12.8 Å². The van der Waals surface area contributed by atoms with Crippen molar-refractivity contribution in [3.8, 4) is 39.5 Å². The molecule has 1 aliphatic heterocycles. The van der Waals surface area contributed by atoms with E-state index in [0.29, 0.717) is 23.6 Å². The van der Waals surface area contributed by atoms with Gasteiger partial charge in [-0.1, -0.05) is 6.07 Å². The largest absolute Gasteiger partial charge is 0.492 e. The van der Waals surface area contributed by atoms with E-state index in [1.54, 1.807) is 18.6 Å². The number of halogens is 1. The third-order valence-corrected chi connectivity index (χ3v) is 7.40. The van der Waals surface area contributed by atoms with Crippen LogP contribution in [0.25, 0.3) is 55.6 Å². The SMILES string of the molecule is Fc1cc(OCCN2CCCC2)cc(-c2nccc3[nH]c(-c4n[nH]c5ccc(-c6ccncc6)cc45)cc23)c1. The number of fused-ring (bicyclic) bond motifs is 2. The van der Waals surface area contributed by atoms with Gasteiger partial charge < -0.3 is 9.72 Å². The summed E-state index contributed by atoms with van der Waals surface area (Å²) in [4.78, 5) is 14.6. The zero-order valence-electron chi connectivity index (χ0n) is 21.3. The van der Waals surface area contributed by atoms with Crippen LogP contribution in [0, 0.1) is 5.82 Å². The molecule has 6 aromatic rings. The molecule has 2 aromatic carbocycles. The Kier molecular flexibility index (Phi) is 6.01. The van der Waals surface area contributed by atoms with Gasteiger partial charge in [0.15, 0.2) is 0 Å². The first-order valence-electron chi connectivity index (χ1n) is 13.2. The van der Waals surface area contributed by atoms with E-state index in [0.717, 1.165) is 64.0 Å². The maximum Gasteiger partial charge on any atom is 0.127 e. The van der Waals surface area contributed by atoms with E-state index in [1.165, 1.54) is 25.0 Å². The molecule has 0 saturated carbocycles. The monoisotopic (exact) mass is 518 g/mol. The van der Waals surface area contributed by atoms with Gasteiger partial charge in [-0.2, -0.15) is 5.10 Å². The van der Waals surface area contributed by atoms with Crippen LogP contribution in [0.15, 0.2) is 79.3 Å². The van der Waals surface area contributed by atoms with Gasteiger partial charge in [0.25, 0.3) is 0 Å². The number of nitrogens with one attached hydrogen (secondary N) is 2. The molecule has 0 aliphatic carbocycles. The second kappa shape index (κ2) is 9.96. The predicted molar refractivity (Wildman–Crippen MR) is 151 cm³/mol. The summed E-state index contributed by atoms with van der Waals surface area (Å²) in [6.07, 6.45) is 7.79. The molecule has 0 atom stereocenters. The quantitative estimate of drug-likeness (QED) is 0.254. The van der Waals surface area contributed by atoms with Crippen LogP contribution in [0.3, 0.4) is 0 Å². The van der Waals surface area contributed by atoms with E-state index < -0.39 is 0 Å². The first-order chi connectivity index (χ1) is 19.2. The topological polar surface area (TPSA) is 82.7 Å². The van der Waals surface area contributed by atoms with Crippen molar-refractivity contribution in [2.24, 2.45) is 0 Å². The number of aromatic amines is 2. The van der Waals surface area contributed by atoms with Crippen molar-refractivity contribution in [3.63, 3.8) is 0 Å². The first-order valence-corrected chi connectivity index (χ1v) is 13.2.